The molecular weight excluding hydrogens is 318 g/mol. The Kier molecular flexibility index (Phi) is 4.32. The van der Waals surface area contributed by atoms with Crippen LogP contribution in [-0.2, 0) is 0 Å². The Morgan fingerprint density at radius 1 is 1.21 bits per heavy atom. The molecule has 3 heterocycles. The first kappa shape index (κ1) is 15.8. The Hall–Kier alpha value is -3.10. The lowest BCUT2D eigenvalue weighted by Gasteiger charge is -2.31. The van der Waals surface area contributed by atoms with Crippen LogP contribution in [0.1, 0.15) is 34.0 Å². The van der Waals surface area contributed by atoms with Crippen molar-refractivity contribution in [3.05, 3.63) is 52.2 Å². The second-order valence-electron chi connectivity index (χ2n) is 5.41. The minimum absolute atomic E-state index is 0.101. The predicted octanol–water partition coefficient (Wildman–Crippen LogP) is 1.82. The lowest BCUT2D eigenvalue weighted by atomic mass is 10.0. The fourth-order valence-corrected chi connectivity index (χ4v) is 2.59. The van der Waals surface area contributed by atoms with Crippen LogP contribution >= 0.6 is 0 Å². The minimum Gasteiger partial charge on any atom is -0.459 e. The zero-order chi connectivity index (χ0) is 17.1. The molecule has 1 N–H and O–H groups in total. The smallest absolute Gasteiger partial charge is 0.433 e. The number of piperidine rings is 1. The van der Waals surface area contributed by atoms with Crippen LogP contribution < -0.4 is 5.32 Å². The van der Waals surface area contributed by atoms with Crippen LogP contribution in [0, 0.1) is 10.1 Å². The van der Waals surface area contributed by atoms with Crippen molar-refractivity contribution >= 4 is 17.7 Å². The van der Waals surface area contributed by atoms with Gasteiger partial charge >= 0.3 is 5.88 Å². The van der Waals surface area contributed by atoms with Crippen molar-refractivity contribution in [3.8, 4) is 0 Å². The van der Waals surface area contributed by atoms with Gasteiger partial charge in [0.25, 0.3) is 11.8 Å². The summed E-state index contributed by atoms with van der Waals surface area (Å²) in [7, 11) is 0. The van der Waals surface area contributed by atoms with Gasteiger partial charge in [-0.2, -0.15) is 0 Å². The normalized spacial score (nSPS) is 15.2. The van der Waals surface area contributed by atoms with Crippen LogP contribution in [0.2, 0.25) is 0 Å². The summed E-state index contributed by atoms with van der Waals surface area (Å²) in [6.45, 7) is 0.978. The molecule has 0 saturated carbocycles. The molecule has 0 atom stereocenters. The Morgan fingerprint density at radius 2 is 1.96 bits per heavy atom. The summed E-state index contributed by atoms with van der Waals surface area (Å²) in [5.74, 6) is -0.958. The molecule has 3 rings (SSSR count). The zero-order valence-electron chi connectivity index (χ0n) is 12.6. The quantitative estimate of drug-likeness (QED) is 0.673. The molecule has 126 valence electrons. The van der Waals surface area contributed by atoms with Crippen molar-refractivity contribution in [1.29, 1.82) is 0 Å². The molecule has 1 aliphatic rings. The Bertz CT molecular complexity index is 743. The first-order valence-electron chi connectivity index (χ1n) is 7.42. The van der Waals surface area contributed by atoms with E-state index in [0.717, 1.165) is 6.07 Å². The van der Waals surface area contributed by atoms with E-state index in [1.807, 2.05) is 0 Å². The summed E-state index contributed by atoms with van der Waals surface area (Å²) < 4.78 is 9.96. The number of nitro groups is 1. The summed E-state index contributed by atoms with van der Waals surface area (Å²) >= 11 is 0. The van der Waals surface area contributed by atoms with Gasteiger partial charge in [0.05, 0.1) is 12.3 Å². The van der Waals surface area contributed by atoms with E-state index >= 15 is 0 Å². The van der Waals surface area contributed by atoms with Gasteiger partial charge in [0.2, 0.25) is 0 Å². The maximum atomic E-state index is 12.1. The first-order chi connectivity index (χ1) is 11.5. The number of hydrogen-bond acceptors (Lipinski definition) is 6. The molecule has 2 amide bonds. The van der Waals surface area contributed by atoms with Crippen molar-refractivity contribution in [2.24, 2.45) is 0 Å². The van der Waals surface area contributed by atoms with E-state index < -0.39 is 16.7 Å². The minimum atomic E-state index is -0.699. The summed E-state index contributed by atoms with van der Waals surface area (Å²) in [5, 5.41) is 13.3. The van der Waals surface area contributed by atoms with Gasteiger partial charge in [0.1, 0.15) is 4.92 Å². The third-order valence-corrected chi connectivity index (χ3v) is 3.84. The highest BCUT2D eigenvalue weighted by Gasteiger charge is 2.27. The number of rotatable bonds is 4. The standard InChI is InChI=1S/C15H15N3O6/c19-14(11-3-4-13(24-11)18(21)22)16-10-5-7-17(8-6-10)15(20)12-2-1-9-23-12/h1-4,9-10H,5-8H2,(H,16,19). The van der Waals surface area contributed by atoms with Gasteiger partial charge in [0, 0.05) is 19.1 Å². The van der Waals surface area contributed by atoms with Gasteiger partial charge in [-0.3, -0.25) is 19.7 Å². The molecule has 2 aromatic heterocycles. The highest BCUT2D eigenvalue weighted by atomic mass is 16.6. The third-order valence-electron chi connectivity index (χ3n) is 3.84. The lowest BCUT2D eigenvalue weighted by Crippen LogP contribution is -2.46. The number of amides is 2. The highest BCUT2D eigenvalue weighted by molar-refractivity contribution is 5.92. The van der Waals surface area contributed by atoms with E-state index in [9.17, 15) is 19.7 Å². The monoisotopic (exact) mass is 333 g/mol. The van der Waals surface area contributed by atoms with Crippen LogP contribution in [0.25, 0.3) is 0 Å². The molecule has 1 aliphatic heterocycles. The second-order valence-corrected chi connectivity index (χ2v) is 5.41. The molecule has 9 nitrogen and oxygen atoms in total. The molecule has 0 bridgehead atoms. The summed E-state index contributed by atoms with van der Waals surface area (Å²) in [5.41, 5.74) is 0. The molecule has 0 spiro atoms. The van der Waals surface area contributed by atoms with Gasteiger partial charge in [-0.05, 0) is 31.0 Å². The molecule has 0 unspecified atom stereocenters. The van der Waals surface area contributed by atoms with Crippen molar-refractivity contribution < 1.29 is 23.3 Å². The van der Waals surface area contributed by atoms with Crippen LogP contribution in [-0.4, -0.2) is 40.8 Å². The molecule has 1 saturated heterocycles. The van der Waals surface area contributed by atoms with Crippen LogP contribution in [0.3, 0.4) is 0 Å². The van der Waals surface area contributed by atoms with E-state index in [2.05, 4.69) is 5.32 Å². The van der Waals surface area contributed by atoms with Crippen LogP contribution in [0.4, 0.5) is 5.88 Å². The van der Waals surface area contributed by atoms with Gasteiger partial charge < -0.3 is 19.1 Å². The summed E-state index contributed by atoms with van der Waals surface area (Å²) in [6, 6.07) is 5.55. The van der Waals surface area contributed by atoms with Crippen molar-refractivity contribution in [2.75, 3.05) is 13.1 Å². The number of carbonyl (C=O) groups is 2. The fraction of sp³-hybridized carbons (Fsp3) is 0.333. The number of carbonyl (C=O) groups excluding carboxylic acids is 2. The first-order valence-corrected chi connectivity index (χ1v) is 7.42. The predicted molar refractivity (Wildman–Crippen MR) is 80.5 cm³/mol. The highest BCUT2D eigenvalue weighted by Crippen LogP contribution is 2.18. The van der Waals surface area contributed by atoms with Crippen LogP contribution in [0.5, 0.6) is 0 Å². The largest absolute Gasteiger partial charge is 0.459 e. The number of furan rings is 2. The Labute approximate surface area is 136 Å². The number of hydrogen-bond donors (Lipinski definition) is 1. The van der Waals surface area contributed by atoms with E-state index in [0.29, 0.717) is 31.7 Å². The van der Waals surface area contributed by atoms with Crippen LogP contribution in [0.15, 0.2) is 39.4 Å². The summed E-state index contributed by atoms with van der Waals surface area (Å²) in [6.07, 6.45) is 2.62. The SMILES string of the molecule is O=C(NC1CCN(C(=O)c2ccco2)CC1)c1ccc([N+](=O)[O-])o1. The van der Waals surface area contributed by atoms with Gasteiger partial charge in [-0.1, -0.05) is 0 Å². The number of likely N-dealkylation sites (tertiary alicyclic amines) is 1. The van der Waals surface area contributed by atoms with Gasteiger partial charge in [-0.25, -0.2) is 0 Å². The average molecular weight is 333 g/mol. The molecule has 9 heteroatoms. The van der Waals surface area contributed by atoms with Crippen molar-refractivity contribution in [2.45, 2.75) is 18.9 Å². The molecular formula is C15H15N3O6. The zero-order valence-corrected chi connectivity index (χ0v) is 12.6. The van der Waals surface area contributed by atoms with Crippen molar-refractivity contribution in [1.82, 2.24) is 10.2 Å². The number of nitrogens with zero attached hydrogens (tertiary/aromatic N) is 2. The molecule has 2 aromatic rings. The number of nitrogens with one attached hydrogen (secondary N) is 1. The third kappa shape index (κ3) is 3.29. The van der Waals surface area contributed by atoms with E-state index in [-0.39, 0.29) is 17.7 Å². The maximum absolute atomic E-state index is 12.1. The van der Waals surface area contributed by atoms with E-state index in [4.69, 9.17) is 8.83 Å². The Balaban J connectivity index is 1.52. The molecule has 0 aliphatic carbocycles. The maximum Gasteiger partial charge on any atom is 0.433 e. The molecule has 0 radical (unpaired) electrons. The topological polar surface area (TPSA) is 119 Å². The molecule has 0 aromatic carbocycles. The Morgan fingerprint density at radius 3 is 2.54 bits per heavy atom. The van der Waals surface area contributed by atoms with E-state index in [1.165, 1.54) is 12.3 Å². The second kappa shape index (κ2) is 6.57. The van der Waals surface area contributed by atoms with E-state index in [1.54, 1.807) is 17.0 Å². The summed E-state index contributed by atoms with van der Waals surface area (Å²) in [4.78, 5) is 35.7. The lowest BCUT2D eigenvalue weighted by molar-refractivity contribution is -0.402. The molecule has 24 heavy (non-hydrogen) atoms. The fourth-order valence-electron chi connectivity index (χ4n) is 2.59. The average Bonchev–Trinajstić information content (AvgIpc) is 3.26. The molecule has 1 fully saturated rings. The van der Waals surface area contributed by atoms with Gasteiger partial charge in [0.15, 0.2) is 11.5 Å². The van der Waals surface area contributed by atoms with Crippen molar-refractivity contribution in [3.63, 3.8) is 0 Å². The van der Waals surface area contributed by atoms with Gasteiger partial charge in [-0.15, -0.1) is 0 Å².